The molecule has 0 saturated carbocycles. The smallest absolute Gasteiger partial charge is 0.0809 e. The van der Waals surface area contributed by atoms with E-state index in [0.717, 1.165) is 38.0 Å². The SMILES string of the molecule is CCNC(CO)(CCOCC1CCCO1)c1ccccc1. The first-order chi connectivity index (χ1) is 10.3. The Morgan fingerprint density at radius 3 is 2.81 bits per heavy atom. The minimum absolute atomic E-state index is 0.0636. The summed E-state index contributed by atoms with van der Waals surface area (Å²) in [5, 5.41) is 13.4. The lowest BCUT2D eigenvalue weighted by molar-refractivity contribution is 0.00570. The van der Waals surface area contributed by atoms with E-state index in [9.17, 15) is 5.11 Å². The highest BCUT2D eigenvalue weighted by Crippen LogP contribution is 2.25. The first kappa shape index (κ1) is 16.4. The van der Waals surface area contributed by atoms with Crippen LogP contribution in [0.2, 0.25) is 0 Å². The molecule has 0 spiro atoms. The van der Waals surface area contributed by atoms with Gasteiger partial charge in [0, 0.05) is 13.2 Å². The molecule has 2 unspecified atom stereocenters. The van der Waals surface area contributed by atoms with Gasteiger partial charge in [-0.3, -0.25) is 0 Å². The van der Waals surface area contributed by atoms with E-state index >= 15 is 0 Å². The van der Waals surface area contributed by atoms with Gasteiger partial charge in [-0.05, 0) is 31.4 Å². The minimum atomic E-state index is -0.424. The van der Waals surface area contributed by atoms with Crippen LogP contribution in [0.15, 0.2) is 30.3 Å². The number of nitrogens with one attached hydrogen (secondary N) is 1. The fourth-order valence-electron chi connectivity index (χ4n) is 2.89. The highest BCUT2D eigenvalue weighted by Gasteiger charge is 2.30. The molecule has 118 valence electrons. The van der Waals surface area contributed by atoms with Crippen LogP contribution >= 0.6 is 0 Å². The van der Waals surface area contributed by atoms with Crippen LogP contribution in [0.5, 0.6) is 0 Å². The molecule has 0 aromatic heterocycles. The van der Waals surface area contributed by atoms with E-state index in [-0.39, 0.29) is 12.7 Å². The molecular weight excluding hydrogens is 266 g/mol. The van der Waals surface area contributed by atoms with E-state index in [4.69, 9.17) is 9.47 Å². The predicted molar refractivity (Wildman–Crippen MR) is 83.3 cm³/mol. The Balaban J connectivity index is 1.89. The molecule has 4 heteroatoms. The fraction of sp³-hybridized carbons (Fsp3) is 0.647. The molecule has 2 rings (SSSR count). The summed E-state index contributed by atoms with van der Waals surface area (Å²) in [4.78, 5) is 0. The van der Waals surface area contributed by atoms with Crippen molar-refractivity contribution in [2.24, 2.45) is 0 Å². The van der Waals surface area contributed by atoms with E-state index in [1.165, 1.54) is 0 Å². The Labute approximate surface area is 127 Å². The molecule has 1 aliphatic heterocycles. The number of aliphatic hydroxyl groups excluding tert-OH is 1. The van der Waals surface area contributed by atoms with E-state index in [0.29, 0.717) is 13.2 Å². The third-order valence-electron chi connectivity index (χ3n) is 4.11. The lowest BCUT2D eigenvalue weighted by Gasteiger charge is -2.33. The largest absolute Gasteiger partial charge is 0.394 e. The second-order valence-corrected chi connectivity index (χ2v) is 5.60. The normalized spacial score (nSPS) is 21.3. The van der Waals surface area contributed by atoms with Crippen LogP contribution in [0.3, 0.4) is 0 Å². The van der Waals surface area contributed by atoms with Crippen molar-refractivity contribution in [2.45, 2.75) is 37.8 Å². The average molecular weight is 293 g/mol. The molecule has 1 fully saturated rings. The Morgan fingerprint density at radius 1 is 1.38 bits per heavy atom. The number of likely N-dealkylation sites (N-methyl/N-ethyl adjacent to an activating group) is 1. The van der Waals surface area contributed by atoms with Crippen molar-refractivity contribution in [3.8, 4) is 0 Å². The quantitative estimate of drug-likeness (QED) is 0.684. The summed E-state index contributed by atoms with van der Waals surface area (Å²) in [5.41, 5.74) is 0.682. The van der Waals surface area contributed by atoms with Gasteiger partial charge in [-0.15, -0.1) is 0 Å². The highest BCUT2D eigenvalue weighted by atomic mass is 16.5. The fourth-order valence-corrected chi connectivity index (χ4v) is 2.89. The van der Waals surface area contributed by atoms with Crippen molar-refractivity contribution >= 4 is 0 Å². The number of benzene rings is 1. The summed E-state index contributed by atoms with van der Waals surface area (Å²) in [6, 6.07) is 10.1. The molecule has 0 bridgehead atoms. The summed E-state index contributed by atoms with van der Waals surface area (Å²) in [6.07, 6.45) is 3.23. The van der Waals surface area contributed by atoms with E-state index < -0.39 is 5.54 Å². The Hall–Kier alpha value is -0.940. The zero-order valence-electron chi connectivity index (χ0n) is 12.9. The van der Waals surface area contributed by atoms with Gasteiger partial charge >= 0.3 is 0 Å². The maximum absolute atomic E-state index is 9.93. The number of hydrogen-bond acceptors (Lipinski definition) is 4. The van der Waals surface area contributed by atoms with Crippen LogP contribution < -0.4 is 5.32 Å². The number of aliphatic hydroxyl groups is 1. The summed E-state index contributed by atoms with van der Waals surface area (Å²) < 4.78 is 11.3. The monoisotopic (exact) mass is 293 g/mol. The van der Waals surface area contributed by atoms with Gasteiger partial charge in [0.05, 0.1) is 24.9 Å². The van der Waals surface area contributed by atoms with Crippen molar-refractivity contribution in [1.29, 1.82) is 0 Å². The van der Waals surface area contributed by atoms with Crippen LogP contribution in [0.25, 0.3) is 0 Å². The van der Waals surface area contributed by atoms with Gasteiger partial charge in [0.2, 0.25) is 0 Å². The van der Waals surface area contributed by atoms with Crippen LogP contribution in [-0.2, 0) is 15.0 Å². The zero-order chi connectivity index (χ0) is 15.0. The van der Waals surface area contributed by atoms with Gasteiger partial charge in [-0.2, -0.15) is 0 Å². The number of rotatable bonds is 9. The topological polar surface area (TPSA) is 50.7 Å². The van der Waals surface area contributed by atoms with Crippen molar-refractivity contribution in [1.82, 2.24) is 5.32 Å². The highest BCUT2D eigenvalue weighted by molar-refractivity contribution is 5.24. The summed E-state index contributed by atoms with van der Waals surface area (Å²) in [7, 11) is 0. The minimum Gasteiger partial charge on any atom is -0.394 e. The number of ether oxygens (including phenoxy) is 2. The standard InChI is InChI=1S/C17H27NO3/c1-2-18-17(14-19,15-7-4-3-5-8-15)10-12-20-13-16-9-6-11-21-16/h3-5,7-8,16,18-19H,2,6,9-14H2,1H3. The molecule has 21 heavy (non-hydrogen) atoms. The third kappa shape index (κ3) is 4.51. The van der Waals surface area contributed by atoms with Crippen LogP contribution in [0.1, 0.15) is 31.7 Å². The van der Waals surface area contributed by atoms with Crippen molar-refractivity contribution < 1.29 is 14.6 Å². The van der Waals surface area contributed by atoms with E-state index in [1.807, 2.05) is 18.2 Å². The lowest BCUT2D eigenvalue weighted by Crippen LogP contribution is -2.46. The van der Waals surface area contributed by atoms with Gasteiger partial charge in [0.25, 0.3) is 0 Å². The molecule has 0 aliphatic carbocycles. The zero-order valence-corrected chi connectivity index (χ0v) is 12.9. The van der Waals surface area contributed by atoms with Crippen LogP contribution in [-0.4, -0.2) is 44.2 Å². The van der Waals surface area contributed by atoms with Crippen molar-refractivity contribution in [3.05, 3.63) is 35.9 Å². The maximum Gasteiger partial charge on any atom is 0.0809 e. The first-order valence-electron chi connectivity index (χ1n) is 7.91. The summed E-state index contributed by atoms with van der Waals surface area (Å²) in [6.45, 7) is 5.05. The second-order valence-electron chi connectivity index (χ2n) is 5.60. The first-order valence-corrected chi connectivity index (χ1v) is 7.91. The molecule has 0 radical (unpaired) electrons. The molecular formula is C17H27NO3. The maximum atomic E-state index is 9.93. The molecule has 2 N–H and O–H groups in total. The van der Waals surface area contributed by atoms with Gasteiger partial charge < -0.3 is 19.9 Å². The average Bonchev–Trinajstić information content (AvgIpc) is 3.05. The summed E-state index contributed by atoms with van der Waals surface area (Å²) >= 11 is 0. The molecule has 1 saturated heterocycles. The van der Waals surface area contributed by atoms with Crippen molar-refractivity contribution in [3.63, 3.8) is 0 Å². The van der Waals surface area contributed by atoms with Gasteiger partial charge in [0.15, 0.2) is 0 Å². The third-order valence-corrected chi connectivity index (χ3v) is 4.11. The Bertz CT molecular complexity index is 392. The van der Waals surface area contributed by atoms with Gasteiger partial charge in [-0.25, -0.2) is 0 Å². The summed E-state index contributed by atoms with van der Waals surface area (Å²) in [5.74, 6) is 0. The van der Waals surface area contributed by atoms with Gasteiger partial charge in [0.1, 0.15) is 0 Å². The molecule has 1 aromatic rings. The lowest BCUT2D eigenvalue weighted by atomic mass is 9.87. The molecule has 4 nitrogen and oxygen atoms in total. The molecule has 2 atom stereocenters. The van der Waals surface area contributed by atoms with Crippen LogP contribution in [0, 0.1) is 0 Å². The van der Waals surface area contributed by atoms with Crippen molar-refractivity contribution in [2.75, 3.05) is 33.0 Å². The Kier molecular flexibility index (Phi) is 6.64. The van der Waals surface area contributed by atoms with Gasteiger partial charge in [-0.1, -0.05) is 37.3 Å². The molecule has 0 amide bonds. The predicted octanol–water partition coefficient (Wildman–Crippen LogP) is 2.07. The van der Waals surface area contributed by atoms with E-state index in [1.54, 1.807) is 0 Å². The van der Waals surface area contributed by atoms with E-state index in [2.05, 4.69) is 24.4 Å². The Morgan fingerprint density at radius 2 is 2.19 bits per heavy atom. The molecule has 1 aromatic carbocycles. The number of hydrogen-bond donors (Lipinski definition) is 2. The second kappa shape index (κ2) is 8.49. The van der Waals surface area contributed by atoms with Crippen LogP contribution in [0.4, 0.5) is 0 Å². The molecule has 1 heterocycles. The molecule has 1 aliphatic rings.